The van der Waals surface area contributed by atoms with Crippen LogP contribution in [-0.4, -0.2) is 70.0 Å². The number of ether oxygens (including phenoxy) is 1. The van der Waals surface area contributed by atoms with E-state index in [-0.39, 0.29) is 17.6 Å². The topological polar surface area (TPSA) is 83.8 Å². The van der Waals surface area contributed by atoms with Gasteiger partial charge in [-0.1, -0.05) is 0 Å². The van der Waals surface area contributed by atoms with Crippen molar-refractivity contribution in [2.45, 2.75) is 63.5 Å². The molecular formula is C20H30F3N3O4. The van der Waals surface area contributed by atoms with E-state index in [4.69, 9.17) is 14.6 Å². The summed E-state index contributed by atoms with van der Waals surface area (Å²) in [6, 6.07) is 4.31. The van der Waals surface area contributed by atoms with Gasteiger partial charge >= 0.3 is 12.1 Å². The number of likely N-dealkylation sites (tertiary alicyclic amines) is 1. The zero-order valence-electron chi connectivity index (χ0n) is 17.5. The summed E-state index contributed by atoms with van der Waals surface area (Å²) >= 11 is 0. The van der Waals surface area contributed by atoms with Gasteiger partial charge in [-0.3, -0.25) is 9.69 Å². The van der Waals surface area contributed by atoms with Gasteiger partial charge in [0.1, 0.15) is 5.69 Å². The third-order valence-electron chi connectivity index (χ3n) is 5.56. The third kappa shape index (κ3) is 6.46. The molecular weight excluding hydrogens is 403 g/mol. The summed E-state index contributed by atoms with van der Waals surface area (Å²) in [5, 5.41) is 10.2. The molecule has 1 amide bonds. The molecule has 2 atom stereocenters. The van der Waals surface area contributed by atoms with Gasteiger partial charge in [0.05, 0.1) is 11.7 Å². The van der Waals surface area contributed by atoms with Crippen molar-refractivity contribution < 1.29 is 32.6 Å². The summed E-state index contributed by atoms with van der Waals surface area (Å²) in [5.41, 5.74) is 0.713. The maximum atomic E-state index is 12.2. The second-order valence-electron chi connectivity index (χ2n) is 8.15. The Bertz CT molecular complexity index is 735. The lowest BCUT2D eigenvalue weighted by Gasteiger charge is -2.39. The fourth-order valence-electron chi connectivity index (χ4n) is 3.88. The standard InChI is InChI=1S/C18H29N3O2.C2HF3O2/c1-14(2)21-11-9-18(13-21)8-4-6-15(23-18)12-19-17(22)16-7-5-10-20(16)3;3-2(4,5)1(6)7/h5,7,10,14-15H,4,6,8-9,11-13H2,1-3H3,(H,19,22);(H,6,7)/t15-,18+;/m0./s1. The molecule has 1 aromatic heterocycles. The van der Waals surface area contributed by atoms with E-state index in [1.807, 2.05) is 29.9 Å². The van der Waals surface area contributed by atoms with E-state index in [0.29, 0.717) is 18.3 Å². The van der Waals surface area contributed by atoms with Gasteiger partial charge in [-0.05, 0) is 51.7 Å². The Balaban J connectivity index is 0.000000396. The number of nitrogens with zero attached hydrogens (tertiary/aromatic N) is 2. The number of aliphatic carboxylic acids is 1. The van der Waals surface area contributed by atoms with E-state index in [9.17, 15) is 18.0 Å². The Labute approximate surface area is 174 Å². The van der Waals surface area contributed by atoms with Crippen molar-refractivity contribution in [1.29, 1.82) is 0 Å². The van der Waals surface area contributed by atoms with Crippen molar-refractivity contribution in [1.82, 2.24) is 14.8 Å². The van der Waals surface area contributed by atoms with Gasteiger partial charge < -0.3 is 19.7 Å². The number of alkyl halides is 3. The number of carboxylic acid groups (broad SMARTS) is 1. The first-order valence-corrected chi connectivity index (χ1v) is 10.0. The van der Waals surface area contributed by atoms with E-state index in [0.717, 1.165) is 32.4 Å². The van der Waals surface area contributed by atoms with Crippen molar-refractivity contribution in [2.24, 2.45) is 7.05 Å². The number of nitrogens with one attached hydrogen (secondary N) is 1. The summed E-state index contributed by atoms with van der Waals surface area (Å²) in [6.07, 6.45) is 1.44. The molecule has 2 aliphatic heterocycles. The lowest BCUT2D eigenvalue weighted by atomic mass is 9.90. The molecule has 0 radical (unpaired) electrons. The largest absolute Gasteiger partial charge is 0.490 e. The van der Waals surface area contributed by atoms with Crippen LogP contribution in [0.15, 0.2) is 18.3 Å². The molecule has 1 aromatic rings. The average molecular weight is 433 g/mol. The predicted molar refractivity (Wildman–Crippen MR) is 104 cm³/mol. The van der Waals surface area contributed by atoms with Crippen molar-refractivity contribution in [3.8, 4) is 0 Å². The molecule has 3 heterocycles. The fourth-order valence-corrected chi connectivity index (χ4v) is 3.88. The fraction of sp³-hybridized carbons (Fsp3) is 0.700. The Morgan fingerprint density at radius 1 is 1.37 bits per heavy atom. The molecule has 0 aromatic carbocycles. The highest BCUT2D eigenvalue weighted by atomic mass is 19.4. The normalized spacial score (nSPS) is 24.6. The van der Waals surface area contributed by atoms with Gasteiger partial charge in [0.2, 0.25) is 0 Å². The number of carbonyl (C=O) groups is 2. The van der Waals surface area contributed by atoms with Crippen molar-refractivity contribution in [3.63, 3.8) is 0 Å². The van der Waals surface area contributed by atoms with E-state index >= 15 is 0 Å². The summed E-state index contributed by atoms with van der Waals surface area (Å²) in [4.78, 5) is 23.6. The molecule has 0 bridgehead atoms. The van der Waals surface area contributed by atoms with E-state index in [1.54, 1.807) is 0 Å². The molecule has 30 heavy (non-hydrogen) atoms. The average Bonchev–Trinajstić information content (AvgIpc) is 3.26. The Kier molecular flexibility index (Phi) is 7.93. The van der Waals surface area contributed by atoms with Crippen LogP contribution < -0.4 is 5.32 Å². The molecule has 2 N–H and O–H groups in total. The predicted octanol–water partition coefficient (Wildman–Crippen LogP) is 2.81. The van der Waals surface area contributed by atoms with E-state index in [1.165, 1.54) is 6.42 Å². The highest BCUT2D eigenvalue weighted by molar-refractivity contribution is 5.92. The second kappa shape index (κ2) is 9.82. The van der Waals surface area contributed by atoms with Crippen molar-refractivity contribution in [2.75, 3.05) is 19.6 Å². The van der Waals surface area contributed by atoms with Gasteiger partial charge in [-0.15, -0.1) is 0 Å². The van der Waals surface area contributed by atoms with Crippen LogP contribution in [0.1, 0.15) is 50.0 Å². The zero-order valence-corrected chi connectivity index (χ0v) is 17.5. The van der Waals surface area contributed by atoms with Crippen LogP contribution in [-0.2, 0) is 16.6 Å². The zero-order chi connectivity index (χ0) is 22.5. The molecule has 170 valence electrons. The molecule has 0 saturated carbocycles. The van der Waals surface area contributed by atoms with Gasteiger partial charge in [0, 0.05) is 38.9 Å². The third-order valence-corrected chi connectivity index (χ3v) is 5.56. The maximum Gasteiger partial charge on any atom is 0.490 e. The number of amides is 1. The highest BCUT2D eigenvalue weighted by Crippen LogP contribution is 2.37. The molecule has 1 spiro atoms. The van der Waals surface area contributed by atoms with Gasteiger partial charge in [0.15, 0.2) is 0 Å². The van der Waals surface area contributed by atoms with Gasteiger partial charge in [0.25, 0.3) is 5.91 Å². The molecule has 2 fully saturated rings. The minimum atomic E-state index is -5.08. The monoisotopic (exact) mass is 433 g/mol. The molecule has 7 nitrogen and oxygen atoms in total. The molecule has 0 unspecified atom stereocenters. The number of halogens is 3. The number of aromatic nitrogens is 1. The smallest absolute Gasteiger partial charge is 0.475 e. The van der Waals surface area contributed by atoms with Crippen LogP contribution in [0.4, 0.5) is 13.2 Å². The van der Waals surface area contributed by atoms with Crippen LogP contribution in [0.3, 0.4) is 0 Å². The van der Waals surface area contributed by atoms with Gasteiger partial charge in [-0.25, -0.2) is 4.79 Å². The lowest BCUT2D eigenvalue weighted by molar-refractivity contribution is -0.192. The Morgan fingerprint density at radius 2 is 2.03 bits per heavy atom. The number of hydrogen-bond donors (Lipinski definition) is 2. The van der Waals surface area contributed by atoms with Crippen LogP contribution in [0.2, 0.25) is 0 Å². The van der Waals surface area contributed by atoms with Crippen LogP contribution in [0, 0.1) is 0 Å². The number of carbonyl (C=O) groups excluding carboxylic acids is 1. The first-order valence-electron chi connectivity index (χ1n) is 10.0. The van der Waals surface area contributed by atoms with Crippen LogP contribution >= 0.6 is 0 Å². The number of rotatable bonds is 4. The summed E-state index contributed by atoms with van der Waals surface area (Å²) in [7, 11) is 1.89. The second-order valence-corrected chi connectivity index (χ2v) is 8.15. The minimum Gasteiger partial charge on any atom is -0.475 e. The lowest BCUT2D eigenvalue weighted by Crippen LogP contribution is -2.47. The van der Waals surface area contributed by atoms with Crippen LogP contribution in [0.5, 0.6) is 0 Å². The number of carboxylic acids is 1. The Hall–Kier alpha value is -2.07. The quantitative estimate of drug-likeness (QED) is 0.763. The minimum absolute atomic E-state index is 0.0168. The molecule has 0 aliphatic carbocycles. The first kappa shape index (κ1) is 24.2. The number of hydrogen-bond acceptors (Lipinski definition) is 4. The summed E-state index contributed by atoms with van der Waals surface area (Å²) in [6.45, 7) is 7.26. The first-order chi connectivity index (χ1) is 13.9. The van der Waals surface area contributed by atoms with Gasteiger partial charge in [-0.2, -0.15) is 13.2 Å². The molecule has 2 aliphatic rings. The highest BCUT2D eigenvalue weighted by Gasteiger charge is 2.43. The van der Waals surface area contributed by atoms with E-state index in [2.05, 4.69) is 24.1 Å². The van der Waals surface area contributed by atoms with Crippen molar-refractivity contribution in [3.05, 3.63) is 24.0 Å². The SMILES string of the molecule is CC(C)N1CC[C@]2(CCC[C@@H](CNC(=O)c3cccn3C)O2)C1.O=C(O)C(F)(F)F. The molecule has 2 saturated heterocycles. The summed E-state index contributed by atoms with van der Waals surface area (Å²) < 4.78 is 40.0. The summed E-state index contributed by atoms with van der Waals surface area (Å²) in [5.74, 6) is -2.77. The molecule has 3 rings (SSSR count). The number of aryl methyl sites for hydroxylation is 1. The van der Waals surface area contributed by atoms with Crippen LogP contribution in [0.25, 0.3) is 0 Å². The van der Waals surface area contributed by atoms with E-state index < -0.39 is 12.1 Å². The molecule has 10 heteroatoms. The van der Waals surface area contributed by atoms with Crippen molar-refractivity contribution >= 4 is 11.9 Å². The maximum absolute atomic E-state index is 12.2. The Morgan fingerprint density at radius 3 is 2.53 bits per heavy atom.